The first kappa shape index (κ1) is 58.8. The van der Waals surface area contributed by atoms with Crippen LogP contribution in [0.2, 0.25) is 0 Å². The van der Waals surface area contributed by atoms with Gasteiger partial charge in [-0.2, -0.15) is 0 Å². The Kier molecular flexibility index (Phi) is 17.5. The quantitative estimate of drug-likeness (QED) is 0.0606. The van der Waals surface area contributed by atoms with E-state index in [4.69, 9.17) is 0 Å². The number of pyridine rings is 9. The molecule has 4 aliphatic rings. The van der Waals surface area contributed by atoms with Gasteiger partial charge in [0.25, 0.3) is 16.7 Å². The lowest BCUT2D eigenvalue weighted by atomic mass is 9.99. The van der Waals surface area contributed by atoms with E-state index >= 15 is 0 Å². The molecule has 0 saturated heterocycles. The first-order valence-corrected chi connectivity index (χ1v) is 28.2. The Morgan fingerprint density at radius 3 is 1.52 bits per heavy atom. The van der Waals surface area contributed by atoms with E-state index in [2.05, 4.69) is 45.9 Å². The fraction of sp³-hybridized carbons (Fsp3) is 0.333. The second-order valence-electron chi connectivity index (χ2n) is 21.5. The third-order valence-electron chi connectivity index (χ3n) is 15.6. The largest absolute Gasteiger partial charge is 0.313 e. The molecule has 85 heavy (non-hydrogen) atoms. The fourth-order valence-corrected chi connectivity index (χ4v) is 10.3. The van der Waals surface area contributed by atoms with E-state index in [1.165, 1.54) is 17.0 Å². The Morgan fingerprint density at radius 1 is 0.588 bits per heavy atom. The third kappa shape index (κ3) is 12.8. The fourth-order valence-electron chi connectivity index (χ4n) is 10.3. The van der Waals surface area contributed by atoms with Crippen LogP contribution >= 0.6 is 0 Å². The molecule has 9 heterocycles. The van der Waals surface area contributed by atoms with Crippen LogP contribution in [0.25, 0.3) is 66.1 Å². The smallest absolute Gasteiger partial charge is 0.259 e. The van der Waals surface area contributed by atoms with Gasteiger partial charge in [-0.25, -0.2) is 28.1 Å². The SMILES string of the molecule is CC.CF.Cc1c(F)cncc1-c1cc2cnc(NC(=O)[C@H]3C[C@@H]3F)cc2n(CCc2ccncc2-c2cc3cnc(NC(=O)C4CC4F)cc3n(CC3CC3)c2=O)c1=O.Cc1ccncc1-c1cc2cnc(NC=O)cc2n(CC2CC2)c1=O.[HH].[HH].[HH]. The molecule has 0 bridgehead atoms. The molecule has 444 valence electrons. The molecule has 4 saturated carbocycles. The normalized spacial score (nSPS) is 17.3. The number of hydrogen-bond donors (Lipinski definition) is 3. The van der Waals surface area contributed by atoms with Gasteiger partial charge in [-0.1, -0.05) is 13.8 Å². The number of hydrogen-bond acceptors (Lipinski definition) is 12. The van der Waals surface area contributed by atoms with Crippen LogP contribution in [-0.2, 0) is 40.4 Å². The van der Waals surface area contributed by atoms with Gasteiger partial charge < -0.3 is 29.7 Å². The standard InChI is InChI=1S/C41H35F3N8O4.C19H18N4O2.C2H6.CH3F.3H2/c1-20-29(16-46-18-33(20)44)25-8-23-14-47-36(49-38(53)27-10-31(27)42)12-34(23)51(40(25)55)7-5-22-4-6-45-17-30(22)26-9-24-15-48-37(50-39(54)28-11-32(28)43)13-35(24)52(41(26)56)19-21-2-3-21;1-12-4-5-20-9-16(12)15-6-14-8-21-18(22-11-24)7-17(14)23(19(15)25)10-13-2-3-13;2*1-2;;;/h4,6,8-9,12-18,21,27-28,31-32H,2-3,5,7,10-11,19H2,1H3,(H,47,49,53)(H,48,50,54);4-9,11,13H,2-3,10H2,1H3,(H,21,22,24);1-2H3;1H3;3*1H/t27-,28?,31-,32?;;;;;;/m0....../s1. The lowest BCUT2D eigenvalue weighted by molar-refractivity contribution is -0.118. The maximum absolute atomic E-state index is 14.7. The van der Waals surface area contributed by atoms with Crippen LogP contribution in [0.15, 0.2) is 119 Å². The van der Waals surface area contributed by atoms with Crippen molar-refractivity contribution in [3.63, 3.8) is 0 Å². The van der Waals surface area contributed by atoms with Gasteiger partial charge in [-0.15, -0.1) is 0 Å². The molecule has 4 fully saturated rings. The first-order chi connectivity index (χ1) is 41.2. The van der Waals surface area contributed by atoms with Gasteiger partial charge in [-0.3, -0.25) is 48.1 Å². The Hall–Kier alpha value is -9.34. The molecular weight excluding hydrogens is 1100 g/mol. The number of carbonyl (C=O) groups excluding carboxylic acids is 3. The maximum Gasteiger partial charge on any atom is 0.259 e. The third-order valence-corrected chi connectivity index (χ3v) is 15.6. The van der Waals surface area contributed by atoms with Gasteiger partial charge in [0.05, 0.1) is 41.8 Å². The monoisotopic (exact) mass is 1160 g/mol. The number of fused-ring (bicyclic) bond motifs is 3. The number of anilines is 3. The zero-order valence-electron chi connectivity index (χ0n) is 47.4. The highest BCUT2D eigenvalue weighted by atomic mass is 19.1. The second kappa shape index (κ2) is 25.3. The molecule has 18 nitrogen and oxygen atoms in total. The Bertz CT molecular complexity index is 4260. The van der Waals surface area contributed by atoms with Gasteiger partial charge in [0.2, 0.25) is 18.2 Å². The summed E-state index contributed by atoms with van der Waals surface area (Å²) in [6, 6.07) is 13.9. The molecule has 4 atom stereocenters. The Morgan fingerprint density at radius 2 is 1.02 bits per heavy atom. The summed E-state index contributed by atoms with van der Waals surface area (Å²) in [5.41, 5.74) is 6.01. The molecule has 4 aliphatic carbocycles. The summed E-state index contributed by atoms with van der Waals surface area (Å²) in [6.45, 7) is 8.79. The van der Waals surface area contributed by atoms with Gasteiger partial charge in [0.15, 0.2) is 0 Å². The van der Waals surface area contributed by atoms with Crippen LogP contribution in [0.3, 0.4) is 0 Å². The van der Waals surface area contributed by atoms with Crippen LogP contribution < -0.4 is 32.6 Å². The number of halogens is 4. The molecule has 13 rings (SSSR count). The first-order valence-electron chi connectivity index (χ1n) is 28.2. The predicted molar refractivity (Wildman–Crippen MR) is 324 cm³/mol. The number of rotatable bonds is 16. The van der Waals surface area contributed by atoms with Crippen molar-refractivity contribution in [2.24, 2.45) is 23.7 Å². The molecule has 0 aromatic carbocycles. The van der Waals surface area contributed by atoms with Gasteiger partial charge in [0.1, 0.15) is 35.6 Å². The van der Waals surface area contributed by atoms with E-state index in [1.807, 2.05) is 37.5 Å². The van der Waals surface area contributed by atoms with Crippen molar-refractivity contribution in [2.75, 3.05) is 23.1 Å². The Balaban J connectivity index is 0.000000290. The predicted octanol–water partition coefficient (Wildman–Crippen LogP) is 11.0. The van der Waals surface area contributed by atoms with Crippen molar-refractivity contribution >= 4 is 68.4 Å². The number of aromatic nitrogens is 9. The maximum atomic E-state index is 14.7. The zero-order chi connectivity index (χ0) is 60.2. The Labute approximate surface area is 489 Å². The summed E-state index contributed by atoms with van der Waals surface area (Å²) < 4.78 is 56.4. The van der Waals surface area contributed by atoms with E-state index in [1.54, 1.807) is 85.1 Å². The number of nitrogens with one attached hydrogen (secondary N) is 3. The highest BCUT2D eigenvalue weighted by Gasteiger charge is 2.44. The van der Waals surface area contributed by atoms with Crippen molar-refractivity contribution in [3.05, 3.63) is 158 Å². The number of nitrogens with zero attached hydrogens (tertiary/aromatic N) is 9. The minimum Gasteiger partial charge on any atom is -0.313 e. The van der Waals surface area contributed by atoms with Gasteiger partial charge in [0, 0.05) is 141 Å². The van der Waals surface area contributed by atoms with E-state index in [0.29, 0.717) is 88.4 Å². The lowest BCUT2D eigenvalue weighted by Crippen LogP contribution is -2.25. The minimum atomic E-state index is -1.20. The number of alkyl halides is 3. The van der Waals surface area contributed by atoms with E-state index < -0.39 is 47.4 Å². The average Bonchev–Trinajstić information content (AvgIpc) is 1.87. The summed E-state index contributed by atoms with van der Waals surface area (Å²) in [4.78, 5) is 103. The highest BCUT2D eigenvalue weighted by molar-refractivity contribution is 5.97. The molecule has 9 aromatic rings. The van der Waals surface area contributed by atoms with E-state index in [0.717, 1.165) is 59.5 Å². The highest BCUT2D eigenvalue weighted by Crippen LogP contribution is 2.38. The summed E-state index contributed by atoms with van der Waals surface area (Å²) in [7, 11) is 0.500. The molecule has 3 amide bonds. The minimum absolute atomic E-state index is 0. The molecular formula is C63H68F4N12O6. The van der Waals surface area contributed by atoms with Crippen molar-refractivity contribution in [1.29, 1.82) is 0 Å². The molecule has 2 unspecified atom stereocenters. The molecule has 3 N–H and O–H groups in total. The number of amides is 3. The summed E-state index contributed by atoms with van der Waals surface area (Å²) in [5.74, 6) is -1.24. The van der Waals surface area contributed by atoms with Gasteiger partial charge in [-0.05, 0) is 118 Å². The lowest BCUT2D eigenvalue weighted by Gasteiger charge is -2.17. The van der Waals surface area contributed by atoms with E-state index in [9.17, 15) is 46.3 Å². The topological polar surface area (TPSA) is 231 Å². The van der Waals surface area contributed by atoms with Crippen molar-refractivity contribution in [2.45, 2.75) is 105 Å². The van der Waals surface area contributed by atoms with Crippen molar-refractivity contribution in [1.82, 2.24) is 43.6 Å². The molecule has 0 spiro atoms. The molecule has 9 aromatic heterocycles. The van der Waals surface area contributed by atoms with Crippen LogP contribution in [-0.4, -0.2) is 81.4 Å². The van der Waals surface area contributed by atoms with Crippen LogP contribution in [0, 0.1) is 43.3 Å². The molecule has 22 heteroatoms. The summed E-state index contributed by atoms with van der Waals surface area (Å²) >= 11 is 0. The molecule has 0 aliphatic heterocycles. The zero-order valence-corrected chi connectivity index (χ0v) is 47.4. The van der Waals surface area contributed by atoms with E-state index in [-0.39, 0.29) is 64.0 Å². The van der Waals surface area contributed by atoms with Gasteiger partial charge >= 0.3 is 0 Å². The second-order valence-corrected chi connectivity index (χ2v) is 21.5. The van der Waals surface area contributed by atoms with Crippen molar-refractivity contribution < 1.29 is 36.2 Å². The molecule has 0 radical (unpaired) electrons. The number of aryl methyl sites for hydroxylation is 3. The van der Waals surface area contributed by atoms with Crippen LogP contribution in [0.4, 0.5) is 35.0 Å². The van der Waals surface area contributed by atoms with Crippen molar-refractivity contribution in [3.8, 4) is 33.4 Å². The summed E-state index contributed by atoms with van der Waals surface area (Å²) in [5, 5.41) is 9.96. The number of carbonyl (C=O) groups is 3. The van der Waals surface area contributed by atoms with Crippen LogP contribution in [0.1, 0.15) is 73.3 Å². The van der Waals surface area contributed by atoms with Crippen LogP contribution in [0.5, 0.6) is 0 Å². The summed E-state index contributed by atoms with van der Waals surface area (Å²) in [6.07, 6.45) is 17.0. The average molecular weight is 1170 g/mol.